The minimum Gasteiger partial charge on any atom is -0.465 e. The Labute approximate surface area is 109 Å². The maximum Gasteiger partial charge on any atom is 0.317 e. The molecule has 0 aliphatic carbocycles. The van der Waals surface area contributed by atoms with E-state index in [2.05, 4.69) is 17.2 Å². The van der Waals surface area contributed by atoms with E-state index in [1.54, 1.807) is 6.92 Å². The standard InChI is InChI=1S/C15H19NO2/c1-2-18-15(17)12-8-3-4-9-13-16-14-10-6-5-7-11-14/h5-7,10-11,16H,2,4,9,12-13H2,1H3. The summed E-state index contributed by atoms with van der Waals surface area (Å²) in [5.41, 5.74) is 1.12. The van der Waals surface area contributed by atoms with Crippen LogP contribution in [0.1, 0.15) is 26.2 Å². The molecule has 3 heteroatoms. The molecule has 0 bridgehead atoms. The quantitative estimate of drug-likeness (QED) is 0.476. The molecule has 0 unspecified atom stereocenters. The van der Waals surface area contributed by atoms with Gasteiger partial charge in [-0.05, 0) is 25.5 Å². The SMILES string of the molecule is CCOC(=O)CC#CCCCNc1ccccc1. The molecule has 1 rings (SSSR count). The van der Waals surface area contributed by atoms with Crippen LogP contribution in [0.3, 0.4) is 0 Å². The molecule has 0 saturated heterocycles. The maximum atomic E-state index is 11.0. The van der Waals surface area contributed by atoms with Crippen LogP contribution in [0.2, 0.25) is 0 Å². The van der Waals surface area contributed by atoms with Gasteiger partial charge in [-0.1, -0.05) is 24.1 Å². The lowest BCUT2D eigenvalue weighted by Gasteiger charge is -2.03. The molecule has 0 aliphatic heterocycles. The van der Waals surface area contributed by atoms with Gasteiger partial charge in [0.15, 0.2) is 0 Å². The average Bonchev–Trinajstić information content (AvgIpc) is 2.39. The second kappa shape index (κ2) is 9.12. The van der Waals surface area contributed by atoms with Crippen molar-refractivity contribution in [1.29, 1.82) is 0 Å². The Balaban J connectivity index is 2.05. The highest BCUT2D eigenvalue weighted by molar-refractivity contribution is 5.72. The van der Waals surface area contributed by atoms with Gasteiger partial charge in [0.2, 0.25) is 0 Å². The third-order valence-corrected chi connectivity index (χ3v) is 2.24. The minimum absolute atomic E-state index is 0.194. The van der Waals surface area contributed by atoms with Crippen molar-refractivity contribution in [3.8, 4) is 11.8 Å². The van der Waals surface area contributed by atoms with E-state index < -0.39 is 0 Å². The summed E-state index contributed by atoms with van der Waals surface area (Å²) < 4.78 is 4.77. The van der Waals surface area contributed by atoms with Crippen molar-refractivity contribution in [2.75, 3.05) is 18.5 Å². The molecular formula is C15H19NO2. The molecule has 0 radical (unpaired) electrons. The van der Waals surface area contributed by atoms with E-state index in [9.17, 15) is 4.79 Å². The zero-order valence-electron chi connectivity index (χ0n) is 10.7. The number of unbranched alkanes of at least 4 members (excludes halogenated alkanes) is 1. The third kappa shape index (κ3) is 6.59. The maximum absolute atomic E-state index is 11.0. The fourth-order valence-electron chi connectivity index (χ4n) is 1.40. The van der Waals surface area contributed by atoms with Gasteiger partial charge in [0, 0.05) is 18.7 Å². The van der Waals surface area contributed by atoms with Crippen LogP contribution in [-0.2, 0) is 9.53 Å². The monoisotopic (exact) mass is 245 g/mol. The first-order valence-corrected chi connectivity index (χ1v) is 6.23. The van der Waals surface area contributed by atoms with Crippen LogP contribution < -0.4 is 5.32 Å². The molecule has 18 heavy (non-hydrogen) atoms. The van der Waals surface area contributed by atoms with Crippen molar-refractivity contribution in [3.63, 3.8) is 0 Å². The topological polar surface area (TPSA) is 38.3 Å². The molecule has 0 atom stereocenters. The number of benzene rings is 1. The number of carbonyl (C=O) groups is 1. The summed E-state index contributed by atoms with van der Waals surface area (Å²) in [4.78, 5) is 11.0. The van der Waals surface area contributed by atoms with E-state index >= 15 is 0 Å². The average molecular weight is 245 g/mol. The van der Waals surface area contributed by atoms with Gasteiger partial charge >= 0.3 is 5.97 Å². The number of ether oxygens (including phenoxy) is 1. The molecule has 0 amide bonds. The Morgan fingerprint density at radius 1 is 1.28 bits per heavy atom. The number of para-hydroxylation sites is 1. The molecule has 0 aromatic heterocycles. The molecule has 96 valence electrons. The van der Waals surface area contributed by atoms with Gasteiger partial charge in [0.1, 0.15) is 6.42 Å². The van der Waals surface area contributed by atoms with Crippen LogP contribution in [0, 0.1) is 11.8 Å². The first-order chi connectivity index (χ1) is 8.83. The summed E-state index contributed by atoms with van der Waals surface area (Å²) in [6.07, 6.45) is 1.95. The highest BCUT2D eigenvalue weighted by Gasteiger charge is 1.95. The van der Waals surface area contributed by atoms with Crippen LogP contribution in [0.4, 0.5) is 5.69 Å². The molecule has 0 spiro atoms. The van der Waals surface area contributed by atoms with E-state index in [0.29, 0.717) is 6.61 Å². The molecular weight excluding hydrogens is 226 g/mol. The number of anilines is 1. The van der Waals surface area contributed by atoms with Crippen molar-refractivity contribution >= 4 is 11.7 Å². The number of carbonyl (C=O) groups excluding carboxylic acids is 1. The molecule has 1 aromatic rings. The van der Waals surface area contributed by atoms with E-state index in [-0.39, 0.29) is 12.4 Å². The van der Waals surface area contributed by atoms with E-state index in [1.165, 1.54) is 0 Å². The lowest BCUT2D eigenvalue weighted by molar-refractivity contribution is -0.141. The van der Waals surface area contributed by atoms with Gasteiger partial charge in [-0.2, -0.15) is 0 Å². The number of nitrogens with one attached hydrogen (secondary N) is 1. The molecule has 0 fully saturated rings. The number of hydrogen-bond acceptors (Lipinski definition) is 3. The van der Waals surface area contributed by atoms with Crippen molar-refractivity contribution in [1.82, 2.24) is 0 Å². The highest BCUT2D eigenvalue weighted by Crippen LogP contribution is 2.04. The first-order valence-electron chi connectivity index (χ1n) is 6.23. The summed E-state index contributed by atoms with van der Waals surface area (Å²) >= 11 is 0. The van der Waals surface area contributed by atoms with Gasteiger partial charge in [0.25, 0.3) is 0 Å². The fourth-order valence-corrected chi connectivity index (χ4v) is 1.40. The van der Waals surface area contributed by atoms with Gasteiger partial charge in [-0.25, -0.2) is 0 Å². The highest BCUT2D eigenvalue weighted by atomic mass is 16.5. The van der Waals surface area contributed by atoms with Crippen LogP contribution in [-0.4, -0.2) is 19.1 Å². The molecule has 1 aromatic carbocycles. The minimum atomic E-state index is -0.243. The summed E-state index contributed by atoms with van der Waals surface area (Å²) in [7, 11) is 0. The number of esters is 1. The Kier molecular flexibility index (Phi) is 7.15. The molecule has 0 heterocycles. The Morgan fingerprint density at radius 3 is 2.78 bits per heavy atom. The molecule has 0 aliphatic rings. The zero-order chi connectivity index (χ0) is 13.1. The second-order valence-electron chi connectivity index (χ2n) is 3.73. The largest absolute Gasteiger partial charge is 0.465 e. The summed E-state index contributed by atoms with van der Waals surface area (Å²) in [5.74, 6) is 5.54. The predicted octanol–water partition coefficient (Wildman–Crippen LogP) is 2.84. The van der Waals surface area contributed by atoms with E-state index in [0.717, 1.165) is 25.1 Å². The van der Waals surface area contributed by atoms with Crippen LogP contribution >= 0.6 is 0 Å². The van der Waals surface area contributed by atoms with Gasteiger partial charge < -0.3 is 10.1 Å². The Morgan fingerprint density at radius 2 is 2.06 bits per heavy atom. The smallest absolute Gasteiger partial charge is 0.317 e. The van der Waals surface area contributed by atoms with Crippen LogP contribution in [0.15, 0.2) is 30.3 Å². The molecule has 3 nitrogen and oxygen atoms in total. The van der Waals surface area contributed by atoms with Crippen molar-refractivity contribution in [2.45, 2.75) is 26.2 Å². The van der Waals surface area contributed by atoms with Crippen molar-refractivity contribution in [2.24, 2.45) is 0 Å². The summed E-state index contributed by atoms with van der Waals surface area (Å²) in [6.45, 7) is 3.10. The fraction of sp³-hybridized carbons (Fsp3) is 0.400. The lowest BCUT2D eigenvalue weighted by atomic mass is 10.2. The summed E-state index contributed by atoms with van der Waals surface area (Å²) in [5, 5.41) is 3.31. The van der Waals surface area contributed by atoms with E-state index in [1.807, 2.05) is 30.3 Å². The van der Waals surface area contributed by atoms with Crippen molar-refractivity contribution in [3.05, 3.63) is 30.3 Å². The Hall–Kier alpha value is -1.95. The molecule has 0 saturated carbocycles. The van der Waals surface area contributed by atoms with Gasteiger partial charge in [-0.15, -0.1) is 5.92 Å². The summed E-state index contributed by atoms with van der Waals surface area (Å²) in [6, 6.07) is 10.1. The normalized spacial score (nSPS) is 9.17. The van der Waals surface area contributed by atoms with E-state index in [4.69, 9.17) is 4.74 Å². The van der Waals surface area contributed by atoms with Crippen LogP contribution in [0.25, 0.3) is 0 Å². The second-order valence-corrected chi connectivity index (χ2v) is 3.73. The van der Waals surface area contributed by atoms with Crippen molar-refractivity contribution < 1.29 is 9.53 Å². The van der Waals surface area contributed by atoms with Crippen LogP contribution in [0.5, 0.6) is 0 Å². The predicted molar refractivity (Wildman–Crippen MR) is 73.2 cm³/mol. The first kappa shape index (κ1) is 14.1. The number of hydrogen-bond donors (Lipinski definition) is 1. The number of rotatable bonds is 6. The Bertz CT molecular complexity index is 403. The zero-order valence-corrected chi connectivity index (χ0v) is 10.7. The van der Waals surface area contributed by atoms with Gasteiger partial charge in [0.05, 0.1) is 6.61 Å². The third-order valence-electron chi connectivity index (χ3n) is 2.24. The molecule has 1 N–H and O–H groups in total. The van der Waals surface area contributed by atoms with Gasteiger partial charge in [-0.3, -0.25) is 4.79 Å². The lowest BCUT2D eigenvalue weighted by Crippen LogP contribution is -2.02.